The maximum absolute atomic E-state index is 8.60. The van der Waals surface area contributed by atoms with Crippen molar-refractivity contribution in [1.29, 1.82) is 0 Å². The second-order valence-corrected chi connectivity index (χ2v) is 3.59. The monoisotopic (exact) mass is 246 g/mol. The summed E-state index contributed by atoms with van der Waals surface area (Å²) in [6.07, 6.45) is 3.25. The molecule has 0 aliphatic rings. The lowest BCUT2D eigenvalue weighted by Gasteiger charge is -2.11. The van der Waals surface area contributed by atoms with Crippen LogP contribution in [-0.2, 0) is 0 Å². The van der Waals surface area contributed by atoms with Gasteiger partial charge in [-0.2, -0.15) is 0 Å². The molecule has 0 aliphatic carbocycles. The number of ether oxygens (including phenoxy) is 2. The minimum Gasteiger partial charge on any atom is -0.493 e. The van der Waals surface area contributed by atoms with Gasteiger partial charge in [-0.3, -0.25) is 0 Å². The molecule has 0 bridgehead atoms. The first-order chi connectivity index (χ1) is 8.80. The van der Waals surface area contributed by atoms with Crippen molar-refractivity contribution in [3.8, 4) is 17.2 Å². The number of aromatic nitrogens is 1. The summed E-state index contributed by atoms with van der Waals surface area (Å²) < 4.78 is 12.3. The zero-order valence-electron chi connectivity index (χ0n) is 10.2. The molecular weight excluding hydrogens is 232 g/mol. The van der Waals surface area contributed by atoms with E-state index in [4.69, 9.17) is 14.7 Å². The average Bonchev–Trinajstić information content (AvgIpc) is 2.86. The molecule has 0 saturated heterocycles. The molecule has 0 fully saturated rings. The Kier molecular flexibility index (Phi) is 3.52. The standard InChI is InChI=1S/C13H14N2O3/c1-17-12-6-5-10(8-13(12)18-2)15-7-3-4-11(15)9-14-16/h3-9,16H,1-2H3/b14-9+. The summed E-state index contributed by atoms with van der Waals surface area (Å²) in [5, 5.41) is 11.6. The van der Waals surface area contributed by atoms with Crippen LogP contribution in [0.4, 0.5) is 0 Å². The van der Waals surface area contributed by atoms with Gasteiger partial charge >= 0.3 is 0 Å². The molecule has 5 nitrogen and oxygen atoms in total. The van der Waals surface area contributed by atoms with Crippen LogP contribution in [0.1, 0.15) is 5.69 Å². The third-order valence-corrected chi connectivity index (χ3v) is 2.62. The van der Waals surface area contributed by atoms with E-state index in [1.807, 2.05) is 41.1 Å². The molecule has 1 aromatic heterocycles. The van der Waals surface area contributed by atoms with Crippen LogP contribution in [0.2, 0.25) is 0 Å². The molecule has 0 spiro atoms. The molecule has 0 atom stereocenters. The van der Waals surface area contributed by atoms with Crippen molar-refractivity contribution in [3.63, 3.8) is 0 Å². The Hall–Kier alpha value is -2.43. The zero-order chi connectivity index (χ0) is 13.0. The molecule has 1 heterocycles. The Morgan fingerprint density at radius 3 is 2.61 bits per heavy atom. The van der Waals surface area contributed by atoms with Crippen LogP contribution in [0.15, 0.2) is 41.7 Å². The fourth-order valence-corrected chi connectivity index (χ4v) is 1.77. The van der Waals surface area contributed by atoms with Crippen LogP contribution in [0, 0.1) is 0 Å². The van der Waals surface area contributed by atoms with E-state index >= 15 is 0 Å². The van der Waals surface area contributed by atoms with Crippen molar-refractivity contribution in [2.24, 2.45) is 5.16 Å². The Balaban J connectivity index is 2.47. The SMILES string of the molecule is COc1ccc(-n2cccc2/C=N/O)cc1OC. The summed E-state index contributed by atoms with van der Waals surface area (Å²) in [4.78, 5) is 0. The van der Waals surface area contributed by atoms with Gasteiger partial charge in [0, 0.05) is 18.0 Å². The van der Waals surface area contributed by atoms with E-state index in [0.717, 1.165) is 11.4 Å². The van der Waals surface area contributed by atoms with Crippen LogP contribution in [0.25, 0.3) is 5.69 Å². The zero-order valence-corrected chi connectivity index (χ0v) is 10.2. The molecule has 2 rings (SSSR count). The molecule has 0 radical (unpaired) electrons. The molecule has 1 aromatic carbocycles. The summed E-state index contributed by atoms with van der Waals surface area (Å²) in [5.74, 6) is 1.32. The maximum atomic E-state index is 8.60. The first kappa shape index (κ1) is 12.0. The van der Waals surface area contributed by atoms with E-state index < -0.39 is 0 Å². The third-order valence-electron chi connectivity index (χ3n) is 2.62. The molecule has 0 amide bonds. The lowest BCUT2D eigenvalue weighted by atomic mass is 10.2. The van der Waals surface area contributed by atoms with E-state index in [-0.39, 0.29) is 0 Å². The Morgan fingerprint density at radius 2 is 1.94 bits per heavy atom. The molecule has 18 heavy (non-hydrogen) atoms. The van der Waals surface area contributed by atoms with Gasteiger partial charge in [0.2, 0.25) is 0 Å². The Bertz CT molecular complexity index is 561. The largest absolute Gasteiger partial charge is 0.493 e. The quantitative estimate of drug-likeness (QED) is 0.511. The topological polar surface area (TPSA) is 56.0 Å². The van der Waals surface area contributed by atoms with Crippen LogP contribution in [0.3, 0.4) is 0 Å². The van der Waals surface area contributed by atoms with Crippen molar-refractivity contribution in [2.75, 3.05) is 14.2 Å². The second kappa shape index (κ2) is 5.27. The number of hydrogen-bond acceptors (Lipinski definition) is 4. The van der Waals surface area contributed by atoms with Crippen LogP contribution < -0.4 is 9.47 Å². The van der Waals surface area contributed by atoms with Gasteiger partial charge in [0.25, 0.3) is 0 Å². The molecular formula is C13H14N2O3. The smallest absolute Gasteiger partial charge is 0.162 e. The maximum Gasteiger partial charge on any atom is 0.162 e. The summed E-state index contributed by atoms with van der Waals surface area (Å²) in [5.41, 5.74) is 1.66. The number of benzene rings is 1. The molecule has 5 heteroatoms. The van der Waals surface area contributed by atoms with Crippen molar-refractivity contribution < 1.29 is 14.7 Å². The highest BCUT2D eigenvalue weighted by Crippen LogP contribution is 2.29. The van der Waals surface area contributed by atoms with Crippen molar-refractivity contribution in [2.45, 2.75) is 0 Å². The van der Waals surface area contributed by atoms with Gasteiger partial charge in [-0.05, 0) is 24.3 Å². The molecule has 2 aromatic rings. The Labute approximate surface area is 105 Å². The van der Waals surface area contributed by atoms with Gasteiger partial charge in [0.1, 0.15) is 0 Å². The number of nitrogens with zero attached hydrogens (tertiary/aromatic N) is 2. The van der Waals surface area contributed by atoms with E-state index in [0.29, 0.717) is 11.5 Å². The highest BCUT2D eigenvalue weighted by molar-refractivity contribution is 5.78. The molecule has 1 N–H and O–H groups in total. The average molecular weight is 246 g/mol. The predicted octanol–water partition coefficient (Wildman–Crippen LogP) is 2.30. The van der Waals surface area contributed by atoms with Crippen molar-refractivity contribution in [3.05, 3.63) is 42.2 Å². The van der Waals surface area contributed by atoms with E-state index in [1.165, 1.54) is 6.21 Å². The summed E-state index contributed by atoms with van der Waals surface area (Å²) in [6.45, 7) is 0. The fourth-order valence-electron chi connectivity index (χ4n) is 1.77. The van der Waals surface area contributed by atoms with E-state index in [2.05, 4.69) is 5.16 Å². The normalized spacial score (nSPS) is 10.8. The molecule has 0 unspecified atom stereocenters. The second-order valence-electron chi connectivity index (χ2n) is 3.59. The number of rotatable bonds is 4. The van der Waals surface area contributed by atoms with E-state index in [1.54, 1.807) is 14.2 Å². The highest BCUT2D eigenvalue weighted by atomic mass is 16.5. The van der Waals surface area contributed by atoms with Crippen LogP contribution in [0.5, 0.6) is 11.5 Å². The highest BCUT2D eigenvalue weighted by Gasteiger charge is 2.07. The molecule has 94 valence electrons. The number of oxime groups is 1. The van der Waals surface area contributed by atoms with Crippen molar-refractivity contribution >= 4 is 6.21 Å². The number of methoxy groups -OCH3 is 2. The van der Waals surface area contributed by atoms with Gasteiger partial charge < -0.3 is 19.2 Å². The van der Waals surface area contributed by atoms with Gasteiger partial charge in [-0.25, -0.2) is 0 Å². The van der Waals surface area contributed by atoms with Gasteiger partial charge in [0.05, 0.1) is 26.1 Å². The van der Waals surface area contributed by atoms with Gasteiger partial charge in [-0.15, -0.1) is 0 Å². The lowest BCUT2D eigenvalue weighted by molar-refractivity contribution is 0.321. The molecule has 0 aliphatic heterocycles. The summed E-state index contributed by atoms with van der Waals surface area (Å²) in [6, 6.07) is 9.29. The first-order valence-electron chi connectivity index (χ1n) is 5.37. The number of hydrogen-bond donors (Lipinski definition) is 1. The third kappa shape index (κ3) is 2.15. The minimum atomic E-state index is 0.649. The minimum absolute atomic E-state index is 0.649. The van der Waals surface area contributed by atoms with Crippen molar-refractivity contribution in [1.82, 2.24) is 4.57 Å². The molecule has 0 saturated carbocycles. The van der Waals surface area contributed by atoms with E-state index in [9.17, 15) is 0 Å². The first-order valence-corrected chi connectivity index (χ1v) is 5.37. The lowest BCUT2D eigenvalue weighted by Crippen LogP contribution is -1.99. The van der Waals surface area contributed by atoms with Gasteiger partial charge in [-0.1, -0.05) is 5.16 Å². The Morgan fingerprint density at radius 1 is 1.17 bits per heavy atom. The summed E-state index contributed by atoms with van der Waals surface area (Å²) >= 11 is 0. The fraction of sp³-hybridized carbons (Fsp3) is 0.154. The van der Waals surface area contributed by atoms with Gasteiger partial charge in [0.15, 0.2) is 11.5 Å². The van der Waals surface area contributed by atoms with Crippen LogP contribution in [-0.4, -0.2) is 30.2 Å². The summed E-state index contributed by atoms with van der Waals surface area (Å²) in [7, 11) is 3.18. The predicted molar refractivity (Wildman–Crippen MR) is 68.3 cm³/mol. The van der Waals surface area contributed by atoms with Crippen LogP contribution >= 0.6 is 0 Å².